The van der Waals surface area contributed by atoms with Crippen LogP contribution in [0.2, 0.25) is 10.0 Å². The van der Waals surface area contributed by atoms with Gasteiger partial charge in [0.15, 0.2) is 11.7 Å². The molecule has 0 aliphatic rings. The number of hydrogen-bond donors (Lipinski definition) is 4. The second kappa shape index (κ2) is 33.6. The Labute approximate surface area is 531 Å². The van der Waals surface area contributed by atoms with Gasteiger partial charge in [0.25, 0.3) is 17.4 Å². The molecule has 2 amide bonds. The van der Waals surface area contributed by atoms with E-state index in [1.807, 2.05) is 0 Å². The second-order valence-electron chi connectivity index (χ2n) is 22.2. The van der Waals surface area contributed by atoms with Gasteiger partial charge < -0.3 is 30.2 Å². The first-order valence-electron chi connectivity index (χ1n) is 31.1. The van der Waals surface area contributed by atoms with Crippen LogP contribution in [0.3, 0.4) is 0 Å². The lowest BCUT2D eigenvalue weighted by molar-refractivity contribution is -0.137. The fourth-order valence-corrected chi connectivity index (χ4v) is 11.0. The molecule has 90 heavy (non-hydrogen) atoms. The summed E-state index contributed by atoms with van der Waals surface area (Å²) in [5.41, 5.74) is -4.01. The van der Waals surface area contributed by atoms with Crippen LogP contribution in [0.1, 0.15) is 202 Å². The number of H-pyrrole nitrogens is 1. The number of hydrogen-bond acceptors (Lipinski definition) is 12. The molecular formula is C68H77Cl2N9O11. The summed E-state index contributed by atoms with van der Waals surface area (Å²) in [5.74, 6) is -6.16. The summed E-state index contributed by atoms with van der Waals surface area (Å²) in [6.45, 7) is 3.66. The van der Waals surface area contributed by atoms with Gasteiger partial charge in [-0.25, -0.2) is 33.7 Å². The fraction of sp³-hybridized carbons (Fsp3) is 0.382. The Bertz CT molecular complexity index is 3760. The smallest absolute Gasteiger partial charge is 0.353 e. The standard InChI is InChI=1S/C68H77Cl2N9O11/c1-3-5-7-9-11-13-15-17-19-29-41-89-65(85)46-37-39-51(69)54(43-46)72-62(82)57-58(63(83)73-55-44-47(38-40-52(55)70)66(86)90-42-30-20-18-16-14-12-10-8-6-4-2)75-60(74-57)59(61-71-53-36-28-27-35-50(53)64(84)76(61)45-56(80)81)77-67(87)78(48-31-23-21-24-32-48)79(68(77)88)49-33-25-22-26-34-49/h21-28,31-40,43-44,59H,3-20,29-30,41-42,45H2,1-2H3,(H,72,82)(H,73,83)(H,74,75)(H,80,81). The summed E-state index contributed by atoms with van der Waals surface area (Å²) in [6.07, 6.45) is 21.8. The topological polar surface area (TPSA) is 261 Å². The summed E-state index contributed by atoms with van der Waals surface area (Å²) >= 11 is 13.4. The predicted molar refractivity (Wildman–Crippen MR) is 348 cm³/mol. The van der Waals surface area contributed by atoms with E-state index in [0.29, 0.717) is 17.4 Å². The van der Waals surface area contributed by atoms with Crippen LogP contribution in [0.4, 0.5) is 11.4 Å². The highest BCUT2D eigenvalue weighted by Crippen LogP contribution is 2.30. The molecular weight excluding hydrogens is 1190 g/mol. The molecule has 0 saturated heterocycles. The molecule has 8 rings (SSSR count). The quantitative estimate of drug-likeness (QED) is 0.0213. The van der Waals surface area contributed by atoms with Crippen molar-refractivity contribution in [2.24, 2.45) is 0 Å². The zero-order valence-corrected chi connectivity index (χ0v) is 52.4. The zero-order valence-electron chi connectivity index (χ0n) is 50.9. The van der Waals surface area contributed by atoms with Crippen molar-refractivity contribution in [2.75, 3.05) is 23.8 Å². The van der Waals surface area contributed by atoms with Crippen molar-refractivity contribution in [3.8, 4) is 11.4 Å². The number of rotatable bonds is 35. The molecule has 474 valence electrons. The molecule has 0 saturated carbocycles. The van der Waals surface area contributed by atoms with Gasteiger partial charge in [-0.2, -0.15) is 9.36 Å². The van der Waals surface area contributed by atoms with Crippen LogP contribution in [-0.2, 0) is 20.8 Å². The number of carbonyl (C=O) groups is 5. The van der Waals surface area contributed by atoms with Gasteiger partial charge in [0, 0.05) is 0 Å². The minimum Gasteiger partial charge on any atom is -0.480 e. The van der Waals surface area contributed by atoms with Gasteiger partial charge in [0.2, 0.25) is 0 Å². The Balaban J connectivity index is 1.18. The number of carboxylic acids is 1. The van der Waals surface area contributed by atoms with Gasteiger partial charge in [-0.1, -0.05) is 201 Å². The normalized spacial score (nSPS) is 11.6. The summed E-state index contributed by atoms with van der Waals surface area (Å²) in [5, 5.41) is 15.6. The third kappa shape index (κ3) is 17.5. The number of aromatic nitrogens is 7. The molecule has 0 aliphatic carbocycles. The minimum atomic E-state index is -2.04. The summed E-state index contributed by atoms with van der Waals surface area (Å²) in [6, 6.07) is 28.4. The maximum atomic E-state index is 15.5. The van der Waals surface area contributed by atoms with Crippen molar-refractivity contribution >= 4 is 75.2 Å². The Hall–Kier alpha value is -8.88. The zero-order chi connectivity index (χ0) is 63.9. The van der Waals surface area contributed by atoms with Crippen molar-refractivity contribution in [3.63, 3.8) is 0 Å². The van der Waals surface area contributed by atoms with Crippen molar-refractivity contribution in [3.05, 3.63) is 197 Å². The van der Waals surface area contributed by atoms with Crippen LogP contribution in [0.5, 0.6) is 0 Å². The van der Waals surface area contributed by atoms with E-state index in [1.54, 1.807) is 72.8 Å². The highest BCUT2D eigenvalue weighted by molar-refractivity contribution is 6.35. The van der Waals surface area contributed by atoms with E-state index in [9.17, 15) is 24.3 Å². The van der Waals surface area contributed by atoms with E-state index in [4.69, 9.17) is 37.7 Å². The molecule has 1 atom stereocenters. The van der Waals surface area contributed by atoms with E-state index >= 15 is 19.2 Å². The number of esters is 2. The monoisotopic (exact) mass is 1270 g/mol. The molecule has 3 aromatic heterocycles. The number of ether oxygens (including phenoxy) is 2. The van der Waals surface area contributed by atoms with Crippen LogP contribution in [-0.4, -0.2) is 81.5 Å². The molecule has 0 fully saturated rings. The number of aromatic amines is 1. The third-order valence-electron chi connectivity index (χ3n) is 15.4. The molecule has 0 bridgehead atoms. The van der Waals surface area contributed by atoms with Crippen LogP contribution in [0.15, 0.2) is 136 Å². The van der Waals surface area contributed by atoms with Crippen LogP contribution < -0.4 is 27.6 Å². The van der Waals surface area contributed by atoms with Crippen molar-refractivity contribution in [2.45, 2.75) is 155 Å². The number of carbonyl (C=O) groups excluding carboxylic acids is 4. The first kappa shape index (κ1) is 67.1. The lowest BCUT2D eigenvalue weighted by atomic mass is 10.1. The van der Waals surface area contributed by atoms with Gasteiger partial charge in [-0.15, -0.1) is 0 Å². The maximum absolute atomic E-state index is 15.5. The number of imidazole rings is 1. The van der Waals surface area contributed by atoms with Crippen molar-refractivity contribution in [1.82, 2.24) is 33.4 Å². The molecule has 8 aromatic rings. The van der Waals surface area contributed by atoms with Crippen LogP contribution in [0.25, 0.3) is 22.3 Å². The number of carboxylic acid groups (broad SMARTS) is 1. The number of benzene rings is 5. The number of amides is 2. The average molecular weight is 1270 g/mol. The largest absolute Gasteiger partial charge is 0.480 e. The molecule has 0 spiro atoms. The third-order valence-corrected chi connectivity index (χ3v) is 16.1. The number of aliphatic carboxylic acids is 1. The number of nitrogens with zero attached hydrogens (tertiary/aromatic N) is 6. The van der Waals surface area contributed by atoms with E-state index in [2.05, 4.69) is 34.4 Å². The van der Waals surface area contributed by atoms with E-state index < -0.39 is 82.3 Å². The van der Waals surface area contributed by atoms with Crippen molar-refractivity contribution < 1.29 is 38.6 Å². The summed E-state index contributed by atoms with van der Waals surface area (Å²) in [7, 11) is 0. The van der Waals surface area contributed by atoms with E-state index in [0.717, 1.165) is 65.3 Å². The van der Waals surface area contributed by atoms with Crippen LogP contribution in [0, 0.1) is 0 Å². The lowest BCUT2D eigenvalue weighted by Crippen LogP contribution is -2.39. The van der Waals surface area contributed by atoms with Gasteiger partial charge >= 0.3 is 29.3 Å². The number of nitrogens with one attached hydrogen (secondary N) is 3. The summed E-state index contributed by atoms with van der Waals surface area (Å²) in [4.78, 5) is 128. The molecule has 0 radical (unpaired) electrons. The maximum Gasteiger partial charge on any atom is 0.353 e. The second-order valence-corrected chi connectivity index (χ2v) is 23.0. The molecule has 22 heteroatoms. The predicted octanol–water partition coefficient (Wildman–Crippen LogP) is 13.9. The highest BCUT2D eigenvalue weighted by atomic mass is 35.5. The number of fused-ring (bicyclic) bond motifs is 1. The minimum absolute atomic E-state index is 0.0136. The van der Waals surface area contributed by atoms with Gasteiger partial charge in [0.05, 0.1) is 68.0 Å². The van der Waals surface area contributed by atoms with Gasteiger partial charge in [0.1, 0.15) is 23.9 Å². The SMILES string of the molecule is CCCCCCCCCCCCOC(=O)c1ccc(Cl)c(NC(=O)c2nc(C(c3nc4ccccc4c(=O)n3CC(=O)O)n3c(=O)n(-c4ccccc4)n(-c4ccccc4)c3=O)[nH]c2C(=O)Nc2cc(C(=O)OCCCCCCCCCCCC)ccc2Cl)c1. The number of unbranched alkanes of at least 4 members (excludes halogenated alkanes) is 18. The van der Waals surface area contributed by atoms with E-state index in [-0.39, 0.29) is 68.0 Å². The molecule has 20 nitrogen and oxygen atoms in total. The molecule has 3 heterocycles. The van der Waals surface area contributed by atoms with Crippen molar-refractivity contribution in [1.29, 1.82) is 0 Å². The molecule has 1 unspecified atom stereocenters. The highest BCUT2D eigenvalue weighted by Gasteiger charge is 2.36. The Kier molecular flexibility index (Phi) is 25.1. The van der Waals surface area contributed by atoms with Gasteiger partial charge in [-0.05, 0) is 85.6 Å². The van der Waals surface area contributed by atoms with Gasteiger partial charge in [-0.3, -0.25) is 23.7 Å². The summed E-state index contributed by atoms with van der Waals surface area (Å²) < 4.78 is 14.8. The average Bonchev–Trinajstić information content (AvgIpc) is 1.54. The first-order chi connectivity index (χ1) is 43.7. The number of anilines is 2. The first-order valence-corrected chi connectivity index (χ1v) is 31.9. The molecule has 5 aromatic carbocycles. The Morgan fingerprint density at radius 2 is 0.978 bits per heavy atom. The number of halogens is 2. The van der Waals surface area contributed by atoms with Crippen LogP contribution >= 0.6 is 23.2 Å². The Morgan fingerprint density at radius 3 is 1.44 bits per heavy atom. The number of para-hydroxylation sites is 3. The van der Waals surface area contributed by atoms with E-state index in [1.165, 1.54) is 113 Å². The molecule has 0 aliphatic heterocycles. The fourth-order valence-electron chi connectivity index (χ4n) is 10.7. The Morgan fingerprint density at radius 1 is 0.544 bits per heavy atom. The molecule has 4 N–H and O–H groups in total. The lowest BCUT2D eigenvalue weighted by Gasteiger charge is -2.19.